The molecule has 0 saturated heterocycles. The minimum atomic E-state index is 0.344. The number of aromatic nitrogens is 1. The second-order valence-corrected chi connectivity index (χ2v) is 5.60. The van der Waals surface area contributed by atoms with Gasteiger partial charge in [0, 0.05) is 12.2 Å². The van der Waals surface area contributed by atoms with Crippen molar-refractivity contribution in [3.05, 3.63) is 24.0 Å². The Labute approximate surface area is 105 Å². The normalized spacial score (nSPS) is 13.5. The van der Waals surface area contributed by atoms with Crippen LogP contribution in [0.3, 0.4) is 0 Å². The molecule has 1 N–H and O–H groups in total. The Kier molecular flexibility index (Phi) is 4.94. The molecule has 0 saturated carbocycles. The van der Waals surface area contributed by atoms with Crippen molar-refractivity contribution in [1.82, 2.24) is 10.3 Å². The molecule has 1 unspecified atom stereocenters. The molecule has 1 heterocycles. The fourth-order valence-corrected chi connectivity index (χ4v) is 1.79. The summed E-state index contributed by atoms with van der Waals surface area (Å²) in [4.78, 5) is 4.20. The Hall–Kier alpha value is -1.09. The number of methoxy groups -OCH3 is 1. The first-order valence-electron chi connectivity index (χ1n) is 6.12. The van der Waals surface area contributed by atoms with Gasteiger partial charge in [-0.25, -0.2) is 0 Å². The Morgan fingerprint density at radius 2 is 2.06 bits per heavy atom. The Morgan fingerprint density at radius 3 is 2.59 bits per heavy atom. The SMILES string of the molecule is CNC(CCC(C)(C)C)c1cncc(OC)c1. The zero-order valence-electron chi connectivity index (χ0n) is 11.6. The van der Waals surface area contributed by atoms with Gasteiger partial charge in [-0.15, -0.1) is 0 Å². The fraction of sp³-hybridized carbons (Fsp3) is 0.643. The van der Waals surface area contributed by atoms with Crippen LogP contribution >= 0.6 is 0 Å². The molecule has 0 aliphatic rings. The molecule has 0 amide bonds. The summed E-state index contributed by atoms with van der Waals surface area (Å²) in [5.74, 6) is 0.818. The van der Waals surface area contributed by atoms with Crippen LogP contribution < -0.4 is 10.1 Å². The van der Waals surface area contributed by atoms with E-state index in [-0.39, 0.29) is 0 Å². The van der Waals surface area contributed by atoms with Crippen LogP contribution in [0.4, 0.5) is 0 Å². The van der Waals surface area contributed by atoms with Crippen molar-refractivity contribution in [3.8, 4) is 5.75 Å². The Balaban J connectivity index is 2.72. The van der Waals surface area contributed by atoms with Crippen molar-refractivity contribution in [1.29, 1.82) is 0 Å². The van der Waals surface area contributed by atoms with Crippen molar-refractivity contribution >= 4 is 0 Å². The molecule has 17 heavy (non-hydrogen) atoms. The van der Waals surface area contributed by atoms with Crippen LogP contribution in [0.15, 0.2) is 18.5 Å². The van der Waals surface area contributed by atoms with Crippen LogP contribution in [-0.4, -0.2) is 19.1 Å². The Morgan fingerprint density at radius 1 is 1.35 bits per heavy atom. The average molecular weight is 236 g/mol. The predicted octanol–water partition coefficient (Wildman–Crippen LogP) is 3.18. The summed E-state index contributed by atoms with van der Waals surface area (Å²) in [5.41, 5.74) is 1.55. The maximum Gasteiger partial charge on any atom is 0.137 e. The van der Waals surface area contributed by atoms with Gasteiger partial charge in [-0.2, -0.15) is 0 Å². The van der Waals surface area contributed by atoms with Gasteiger partial charge in [-0.05, 0) is 36.9 Å². The molecule has 3 nitrogen and oxygen atoms in total. The van der Waals surface area contributed by atoms with E-state index in [2.05, 4.69) is 37.1 Å². The van der Waals surface area contributed by atoms with Crippen molar-refractivity contribution < 1.29 is 4.74 Å². The summed E-state index contributed by atoms with van der Waals surface area (Å²) in [7, 11) is 3.66. The number of hydrogen-bond acceptors (Lipinski definition) is 3. The molecule has 0 aliphatic heterocycles. The van der Waals surface area contributed by atoms with Crippen molar-refractivity contribution in [2.45, 2.75) is 39.7 Å². The maximum absolute atomic E-state index is 5.20. The molecule has 96 valence electrons. The van der Waals surface area contributed by atoms with E-state index < -0.39 is 0 Å². The highest BCUT2D eigenvalue weighted by Crippen LogP contribution is 2.28. The van der Waals surface area contributed by atoms with Gasteiger partial charge in [-0.1, -0.05) is 20.8 Å². The number of nitrogens with one attached hydrogen (secondary N) is 1. The molecule has 0 fully saturated rings. The maximum atomic E-state index is 5.20. The molecule has 1 rings (SSSR count). The van der Waals surface area contributed by atoms with Crippen LogP contribution in [0.1, 0.15) is 45.2 Å². The number of hydrogen-bond donors (Lipinski definition) is 1. The van der Waals surface area contributed by atoms with Gasteiger partial charge in [0.05, 0.1) is 13.3 Å². The molecule has 0 aliphatic carbocycles. The van der Waals surface area contributed by atoms with Gasteiger partial charge in [0.2, 0.25) is 0 Å². The number of ether oxygens (including phenoxy) is 1. The number of pyridine rings is 1. The molecule has 1 atom stereocenters. The van der Waals surface area contributed by atoms with E-state index in [1.54, 1.807) is 13.3 Å². The second kappa shape index (κ2) is 6.01. The summed E-state index contributed by atoms with van der Waals surface area (Å²) in [6, 6.07) is 2.40. The minimum Gasteiger partial charge on any atom is -0.495 e. The lowest BCUT2D eigenvalue weighted by Gasteiger charge is -2.23. The summed E-state index contributed by atoms with van der Waals surface area (Å²) in [5, 5.41) is 3.35. The summed E-state index contributed by atoms with van der Waals surface area (Å²) in [6.45, 7) is 6.80. The van der Waals surface area contributed by atoms with Gasteiger partial charge in [-0.3, -0.25) is 4.98 Å². The lowest BCUT2D eigenvalue weighted by atomic mass is 9.87. The highest BCUT2D eigenvalue weighted by molar-refractivity contribution is 5.25. The van der Waals surface area contributed by atoms with Gasteiger partial charge in [0.15, 0.2) is 0 Å². The predicted molar refractivity (Wildman–Crippen MR) is 71.3 cm³/mol. The third-order valence-electron chi connectivity index (χ3n) is 2.90. The van der Waals surface area contributed by atoms with Crippen LogP contribution in [0, 0.1) is 5.41 Å². The van der Waals surface area contributed by atoms with Gasteiger partial charge in [0.1, 0.15) is 5.75 Å². The number of nitrogens with zero attached hydrogens (tertiary/aromatic N) is 1. The standard InChI is InChI=1S/C14H24N2O/c1-14(2,3)7-6-13(15-4)11-8-12(17-5)10-16-9-11/h8-10,13,15H,6-7H2,1-5H3. The molecule has 3 heteroatoms. The topological polar surface area (TPSA) is 34.2 Å². The quantitative estimate of drug-likeness (QED) is 0.852. The molecule has 0 spiro atoms. The molecule has 0 radical (unpaired) electrons. The monoisotopic (exact) mass is 236 g/mol. The number of rotatable bonds is 5. The third kappa shape index (κ3) is 4.73. The smallest absolute Gasteiger partial charge is 0.137 e. The fourth-order valence-electron chi connectivity index (χ4n) is 1.79. The zero-order valence-corrected chi connectivity index (χ0v) is 11.6. The first-order chi connectivity index (χ1) is 7.96. The zero-order chi connectivity index (χ0) is 12.9. The average Bonchev–Trinajstić information content (AvgIpc) is 2.29. The lowest BCUT2D eigenvalue weighted by Crippen LogP contribution is -2.19. The van der Waals surface area contributed by atoms with E-state index in [1.165, 1.54) is 12.0 Å². The van der Waals surface area contributed by atoms with E-state index in [0.717, 1.165) is 12.2 Å². The minimum absolute atomic E-state index is 0.344. The van der Waals surface area contributed by atoms with Gasteiger partial charge in [0.25, 0.3) is 0 Å². The molecular weight excluding hydrogens is 212 g/mol. The van der Waals surface area contributed by atoms with E-state index >= 15 is 0 Å². The Bertz CT molecular complexity index is 344. The second-order valence-electron chi connectivity index (χ2n) is 5.60. The molecule has 1 aromatic rings. The van der Waals surface area contributed by atoms with E-state index in [4.69, 9.17) is 4.74 Å². The first-order valence-corrected chi connectivity index (χ1v) is 6.12. The molecule has 0 bridgehead atoms. The summed E-state index contributed by atoms with van der Waals surface area (Å²) < 4.78 is 5.20. The first kappa shape index (κ1) is 14.0. The van der Waals surface area contributed by atoms with Crippen molar-refractivity contribution in [3.63, 3.8) is 0 Å². The van der Waals surface area contributed by atoms with Crippen LogP contribution in [-0.2, 0) is 0 Å². The van der Waals surface area contributed by atoms with Gasteiger partial charge >= 0.3 is 0 Å². The summed E-state index contributed by atoms with van der Waals surface area (Å²) >= 11 is 0. The van der Waals surface area contributed by atoms with Crippen molar-refractivity contribution in [2.75, 3.05) is 14.2 Å². The van der Waals surface area contributed by atoms with Crippen LogP contribution in [0.2, 0.25) is 0 Å². The van der Waals surface area contributed by atoms with Crippen molar-refractivity contribution in [2.24, 2.45) is 5.41 Å². The van der Waals surface area contributed by atoms with Gasteiger partial charge < -0.3 is 10.1 Å². The third-order valence-corrected chi connectivity index (χ3v) is 2.90. The largest absolute Gasteiger partial charge is 0.495 e. The molecule has 0 aromatic carbocycles. The highest BCUT2D eigenvalue weighted by Gasteiger charge is 2.16. The van der Waals surface area contributed by atoms with E-state index in [1.807, 2.05) is 13.2 Å². The lowest BCUT2D eigenvalue weighted by molar-refractivity contribution is 0.337. The molecular formula is C14H24N2O. The van der Waals surface area contributed by atoms with E-state index in [0.29, 0.717) is 11.5 Å². The van der Waals surface area contributed by atoms with Crippen LogP contribution in [0.25, 0.3) is 0 Å². The van der Waals surface area contributed by atoms with E-state index in [9.17, 15) is 0 Å². The highest BCUT2D eigenvalue weighted by atomic mass is 16.5. The summed E-state index contributed by atoms with van der Waals surface area (Å²) in [6.07, 6.45) is 5.93. The van der Waals surface area contributed by atoms with Crippen LogP contribution in [0.5, 0.6) is 5.75 Å². The molecule has 1 aromatic heterocycles.